The summed E-state index contributed by atoms with van der Waals surface area (Å²) in [5.41, 5.74) is 2.14. The summed E-state index contributed by atoms with van der Waals surface area (Å²) in [4.78, 5) is 34.1. The van der Waals surface area contributed by atoms with E-state index in [1.807, 2.05) is 37.3 Å². The predicted octanol–water partition coefficient (Wildman–Crippen LogP) is 6.00. The van der Waals surface area contributed by atoms with Gasteiger partial charge in [-0.2, -0.15) is 0 Å². The summed E-state index contributed by atoms with van der Waals surface area (Å²) in [7, 11) is 0. The molecule has 0 unspecified atom stereocenters. The van der Waals surface area contributed by atoms with Crippen LogP contribution in [0.3, 0.4) is 0 Å². The SMILES string of the molecule is Cc1sc2nc(SCC(=O)Nc3ccc(Cl)cc3Cl)[nH]c(=O)c2c1-c1ccccc1. The largest absolute Gasteiger partial charge is 0.324 e. The van der Waals surface area contributed by atoms with E-state index in [1.165, 1.54) is 11.3 Å². The Morgan fingerprint density at radius 1 is 1.20 bits per heavy atom. The Morgan fingerprint density at radius 3 is 2.70 bits per heavy atom. The van der Waals surface area contributed by atoms with Crippen LogP contribution in [0.25, 0.3) is 21.3 Å². The lowest BCUT2D eigenvalue weighted by molar-refractivity contribution is -0.113. The normalized spacial score (nSPS) is 11.0. The molecular formula is C21H15Cl2N3O2S2. The number of H-pyrrole nitrogens is 1. The first-order valence-electron chi connectivity index (χ1n) is 8.89. The fourth-order valence-electron chi connectivity index (χ4n) is 3.03. The summed E-state index contributed by atoms with van der Waals surface area (Å²) in [5, 5.41) is 4.54. The maximum absolute atomic E-state index is 12.8. The second kappa shape index (κ2) is 8.81. The Bertz CT molecular complexity index is 1300. The van der Waals surface area contributed by atoms with Crippen LogP contribution in [0, 0.1) is 6.92 Å². The van der Waals surface area contributed by atoms with Gasteiger partial charge >= 0.3 is 0 Å². The minimum atomic E-state index is -0.265. The molecule has 4 rings (SSSR count). The second-order valence-corrected chi connectivity index (χ2v) is 9.42. The average Bonchev–Trinajstić information content (AvgIpc) is 3.05. The first kappa shape index (κ1) is 20.9. The molecule has 30 heavy (non-hydrogen) atoms. The number of rotatable bonds is 5. The average molecular weight is 476 g/mol. The van der Waals surface area contributed by atoms with Crippen LogP contribution in [-0.2, 0) is 4.79 Å². The number of benzene rings is 2. The molecule has 0 aliphatic carbocycles. The third-order valence-corrected chi connectivity index (χ3v) is 6.74. The fourth-order valence-corrected chi connectivity index (χ4v) is 5.25. The van der Waals surface area contributed by atoms with E-state index < -0.39 is 0 Å². The number of aromatic amines is 1. The minimum absolute atomic E-state index is 0.0727. The quantitative estimate of drug-likeness (QED) is 0.274. The van der Waals surface area contributed by atoms with E-state index in [2.05, 4.69) is 15.3 Å². The van der Waals surface area contributed by atoms with Gasteiger partial charge in [-0.05, 0) is 30.7 Å². The first-order valence-corrected chi connectivity index (χ1v) is 11.4. The number of carbonyl (C=O) groups excluding carboxylic acids is 1. The lowest BCUT2D eigenvalue weighted by atomic mass is 10.0. The van der Waals surface area contributed by atoms with Crippen molar-refractivity contribution in [2.45, 2.75) is 12.1 Å². The molecule has 2 aromatic heterocycles. The summed E-state index contributed by atoms with van der Waals surface area (Å²) >= 11 is 14.6. The molecule has 0 aliphatic rings. The van der Waals surface area contributed by atoms with Crippen molar-refractivity contribution in [3.8, 4) is 11.1 Å². The summed E-state index contributed by atoms with van der Waals surface area (Å²) in [6.07, 6.45) is 0. The Balaban J connectivity index is 1.54. The third kappa shape index (κ3) is 4.39. The Morgan fingerprint density at radius 2 is 1.97 bits per heavy atom. The molecular weight excluding hydrogens is 461 g/mol. The van der Waals surface area contributed by atoms with Gasteiger partial charge in [-0.3, -0.25) is 9.59 Å². The highest BCUT2D eigenvalue weighted by Gasteiger charge is 2.17. The minimum Gasteiger partial charge on any atom is -0.324 e. The van der Waals surface area contributed by atoms with Crippen molar-refractivity contribution < 1.29 is 4.79 Å². The molecule has 152 valence electrons. The molecule has 0 atom stereocenters. The van der Waals surface area contributed by atoms with Gasteiger partial charge in [-0.1, -0.05) is 65.3 Å². The number of hydrogen-bond acceptors (Lipinski definition) is 5. The van der Waals surface area contributed by atoms with E-state index in [4.69, 9.17) is 23.2 Å². The molecule has 0 saturated carbocycles. The number of fused-ring (bicyclic) bond motifs is 1. The van der Waals surface area contributed by atoms with E-state index in [1.54, 1.807) is 18.2 Å². The number of amides is 1. The zero-order valence-electron chi connectivity index (χ0n) is 15.7. The summed E-state index contributed by atoms with van der Waals surface area (Å²) in [5.74, 6) is -0.192. The number of halogens is 2. The van der Waals surface area contributed by atoms with Gasteiger partial charge < -0.3 is 10.3 Å². The number of aromatic nitrogens is 2. The van der Waals surface area contributed by atoms with Gasteiger partial charge in [0.05, 0.1) is 21.8 Å². The maximum atomic E-state index is 12.8. The van der Waals surface area contributed by atoms with Crippen molar-refractivity contribution >= 4 is 68.1 Å². The van der Waals surface area contributed by atoms with Gasteiger partial charge in [-0.15, -0.1) is 11.3 Å². The van der Waals surface area contributed by atoms with Crippen LogP contribution >= 0.6 is 46.3 Å². The monoisotopic (exact) mass is 475 g/mol. The number of hydrogen-bond donors (Lipinski definition) is 2. The fraction of sp³-hybridized carbons (Fsp3) is 0.0952. The van der Waals surface area contributed by atoms with Gasteiger partial charge in [0.25, 0.3) is 5.56 Å². The highest BCUT2D eigenvalue weighted by Crippen LogP contribution is 2.36. The molecule has 0 bridgehead atoms. The number of nitrogens with one attached hydrogen (secondary N) is 2. The number of carbonyl (C=O) groups is 1. The van der Waals surface area contributed by atoms with Gasteiger partial charge in [0.1, 0.15) is 4.83 Å². The second-order valence-electron chi connectivity index (χ2n) is 6.41. The lowest BCUT2D eigenvalue weighted by Crippen LogP contribution is -2.15. The van der Waals surface area contributed by atoms with E-state index >= 15 is 0 Å². The molecule has 4 aromatic rings. The molecule has 1 amide bonds. The Kier molecular flexibility index (Phi) is 6.15. The number of anilines is 1. The summed E-state index contributed by atoms with van der Waals surface area (Å²) in [6, 6.07) is 14.6. The molecule has 2 N–H and O–H groups in total. The van der Waals surface area contributed by atoms with Crippen molar-refractivity contribution in [1.29, 1.82) is 0 Å². The summed E-state index contributed by atoms with van der Waals surface area (Å²) in [6.45, 7) is 1.98. The maximum Gasteiger partial charge on any atom is 0.260 e. The van der Waals surface area contributed by atoms with Gasteiger partial charge in [0, 0.05) is 15.5 Å². The molecule has 0 aliphatic heterocycles. The van der Waals surface area contributed by atoms with E-state index in [-0.39, 0.29) is 17.2 Å². The lowest BCUT2D eigenvalue weighted by Gasteiger charge is -2.07. The van der Waals surface area contributed by atoms with Gasteiger partial charge in [-0.25, -0.2) is 4.98 Å². The van der Waals surface area contributed by atoms with Crippen molar-refractivity contribution in [1.82, 2.24) is 9.97 Å². The van der Waals surface area contributed by atoms with Crippen LogP contribution in [0.4, 0.5) is 5.69 Å². The smallest absolute Gasteiger partial charge is 0.260 e. The van der Waals surface area contributed by atoms with Crippen LogP contribution in [0.1, 0.15) is 4.88 Å². The zero-order valence-corrected chi connectivity index (χ0v) is 18.8. The van der Waals surface area contributed by atoms with Crippen LogP contribution in [0.2, 0.25) is 10.0 Å². The molecule has 0 spiro atoms. The number of nitrogens with zero attached hydrogens (tertiary/aromatic N) is 1. The van der Waals surface area contributed by atoms with E-state index in [0.29, 0.717) is 31.1 Å². The van der Waals surface area contributed by atoms with E-state index in [0.717, 1.165) is 27.8 Å². The molecule has 2 heterocycles. The predicted molar refractivity (Wildman–Crippen MR) is 126 cm³/mol. The van der Waals surface area contributed by atoms with Crippen molar-refractivity contribution in [2.24, 2.45) is 0 Å². The van der Waals surface area contributed by atoms with Crippen LogP contribution in [0.5, 0.6) is 0 Å². The molecule has 0 fully saturated rings. The molecule has 0 saturated heterocycles. The van der Waals surface area contributed by atoms with E-state index in [9.17, 15) is 9.59 Å². The summed E-state index contributed by atoms with van der Waals surface area (Å²) < 4.78 is 0. The standard InChI is InChI=1S/C21H15Cl2N3O2S2/c1-11-17(12-5-3-2-4-6-12)18-19(28)25-21(26-20(18)30-11)29-10-16(27)24-15-8-7-13(22)9-14(15)23/h2-9H,10H2,1H3,(H,24,27)(H,25,26,28). The van der Waals surface area contributed by atoms with Crippen LogP contribution in [0.15, 0.2) is 58.5 Å². The Labute approximate surface area is 190 Å². The van der Waals surface area contributed by atoms with Gasteiger partial charge in [0.15, 0.2) is 5.16 Å². The molecule has 5 nitrogen and oxygen atoms in total. The number of thioether (sulfide) groups is 1. The van der Waals surface area contributed by atoms with Crippen LogP contribution < -0.4 is 10.9 Å². The first-order chi connectivity index (χ1) is 14.4. The third-order valence-electron chi connectivity index (χ3n) is 4.32. The molecule has 0 radical (unpaired) electrons. The Hall–Kier alpha value is -2.32. The zero-order chi connectivity index (χ0) is 21.3. The number of thiophene rings is 1. The molecule has 2 aromatic carbocycles. The highest BCUT2D eigenvalue weighted by molar-refractivity contribution is 7.99. The highest BCUT2D eigenvalue weighted by atomic mass is 35.5. The number of aryl methyl sites for hydroxylation is 1. The van der Waals surface area contributed by atoms with Crippen molar-refractivity contribution in [2.75, 3.05) is 11.1 Å². The topological polar surface area (TPSA) is 74.8 Å². The van der Waals surface area contributed by atoms with Crippen molar-refractivity contribution in [3.05, 3.63) is 73.8 Å². The molecule has 9 heteroatoms. The van der Waals surface area contributed by atoms with Crippen molar-refractivity contribution in [3.63, 3.8) is 0 Å². The van der Waals surface area contributed by atoms with Gasteiger partial charge in [0.2, 0.25) is 5.91 Å². The van der Waals surface area contributed by atoms with Crippen LogP contribution in [-0.4, -0.2) is 21.6 Å².